The maximum Gasteiger partial charge on any atom is 0.343 e. The molecule has 6 nitrogen and oxygen atoms in total. The van der Waals surface area contributed by atoms with Crippen LogP contribution in [0.4, 0.5) is 0 Å². The summed E-state index contributed by atoms with van der Waals surface area (Å²) in [6.45, 7) is 6.35. The second-order valence-corrected chi connectivity index (χ2v) is 7.07. The SMILES string of the molecule is CCCn1c(SC(C)C(=O)c2c(C)[nH]c3ccccc23)n[nH]c1=O. The standard InChI is InChI=1S/C17H20N4O2S/c1-4-9-21-16(23)19-20-17(21)24-11(3)15(22)14-10(2)18-13-8-6-5-7-12(13)14/h5-8,11,18H,4,9H2,1-3H3,(H,19,23). The number of hydrogen-bond acceptors (Lipinski definition) is 4. The van der Waals surface area contributed by atoms with Crippen molar-refractivity contribution in [1.82, 2.24) is 19.7 Å². The minimum Gasteiger partial charge on any atom is -0.358 e. The van der Waals surface area contributed by atoms with Gasteiger partial charge in [-0.05, 0) is 26.3 Å². The van der Waals surface area contributed by atoms with E-state index in [0.29, 0.717) is 17.3 Å². The van der Waals surface area contributed by atoms with E-state index in [1.807, 2.05) is 45.0 Å². The number of rotatable bonds is 6. The van der Waals surface area contributed by atoms with Gasteiger partial charge in [0, 0.05) is 28.7 Å². The Morgan fingerprint density at radius 1 is 1.38 bits per heavy atom. The Morgan fingerprint density at radius 3 is 2.88 bits per heavy atom. The van der Waals surface area contributed by atoms with E-state index in [-0.39, 0.29) is 16.7 Å². The van der Waals surface area contributed by atoms with Gasteiger partial charge in [0.15, 0.2) is 10.9 Å². The number of nitrogens with one attached hydrogen (secondary N) is 2. The van der Waals surface area contributed by atoms with E-state index < -0.39 is 0 Å². The van der Waals surface area contributed by atoms with Gasteiger partial charge in [0.05, 0.1) is 5.25 Å². The van der Waals surface area contributed by atoms with E-state index in [4.69, 9.17) is 0 Å². The second-order valence-electron chi connectivity index (χ2n) is 5.76. The summed E-state index contributed by atoms with van der Waals surface area (Å²) in [5, 5.41) is 7.66. The summed E-state index contributed by atoms with van der Waals surface area (Å²) in [5.41, 5.74) is 2.30. The molecule has 0 fully saturated rings. The van der Waals surface area contributed by atoms with Gasteiger partial charge < -0.3 is 4.98 Å². The fourth-order valence-electron chi connectivity index (χ4n) is 2.82. The fraction of sp³-hybridized carbons (Fsp3) is 0.353. The van der Waals surface area contributed by atoms with Crippen LogP contribution in [-0.4, -0.2) is 30.8 Å². The molecular formula is C17H20N4O2S. The largest absolute Gasteiger partial charge is 0.358 e. The minimum absolute atomic E-state index is 0.0356. The Labute approximate surface area is 143 Å². The molecule has 2 heterocycles. The Hall–Kier alpha value is -2.28. The number of hydrogen-bond donors (Lipinski definition) is 2. The molecule has 7 heteroatoms. The predicted octanol–water partition coefficient (Wildman–Crippen LogP) is 3.13. The normalized spacial score (nSPS) is 12.6. The van der Waals surface area contributed by atoms with E-state index >= 15 is 0 Å². The van der Waals surface area contributed by atoms with Crippen LogP contribution in [-0.2, 0) is 6.54 Å². The molecule has 3 rings (SSSR count). The third-order valence-electron chi connectivity index (χ3n) is 3.96. The number of para-hydroxylation sites is 1. The average Bonchev–Trinajstić information content (AvgIpc) is 3.07. The maximum absolute atomic E-state index is 13.0. The molecule has 2 aromatic heterocycles. The smallest absolute Gasteiger partial charge is 0.343 e. The van der Waals surface area contributed by atoms with Crippen molar-refractivity contribution in [3.05, 3.63) is 46.0 Å². The lowest BCUT2D eigenvalue weighted by molar-refractivity contribution is 0.0995. The topological polar surface area (TPSA) is 83.5 Å². The molecule has 0 amide bonds. The molecule has 0 saturated heterocycles. The number of fused-ring (bicyclic) bond motifs is 1. The third kappa shape index (κ3) is 2.91. The summed E-state index contributed by atoms with van der Waals surface area (Å²) in [5.74, 6) is 0.0356. The van der Waals surface area contributed by atoms with Gasteiger partial charge in [-0.15, -0.1) is 5.10 Å². The first-order valence-electron chi connectivity index (χ1n) is 7.96. The minimum atomic E-state index is -0.339. The average molecular weight is 344 g/mol. The molecule has 0 spiro atoms. The van der Waals surface area contributed by atoms with Crippen molar-refractivity contribution in [1.29, 1.82) is 0 Å². The quantitative estimate of drug-likeness (QED) is 0.531. The number of aryl methyl sites for hydroxylation is 1. The van der Waals surface area contributed by atoms with Gasteiger partial charge in [-0.1, -0.05) is 36.9 Å². The predicted molar refractivity (Wildman–Crippen MR) is 95.8 cm³/mol. The summed E-state index contributed by atoms with van der Waals surface area (Å²) >= 11 is 1.31. The molecule has 0 saturated carbocycles. The number of aromatic nitrogens is 4. The van der Waals surface area contributed by atoms with Gasteiger partial charge in [0.2, 0.25) is 0 Å². The number of nitrogens with zero attached hydrogens (tertiary/aromatic N) is 2. The molecule has 24 heavy (non-hydrogen) atoms. The molecule has 3 aromatic rings. The van der Waals surface area contributed by atoms with Crippen LogP contribution in [0, 0.1) is 6.92 Å². The summed E-state index contributed by atoms with van der Waals surface area (Å²) in [6, 6.07) is 7.78. The molecular weight excluding hydrogens is 324 g/mol. The number of carbonyl (C=O) groups excluding carboxylic acids is 1. The van der Waals surface area contributed by atoms with E-state index in [0.717, 1.165) is 23.0 Å². The second kappa shape index (κ2) is 6.68. The van der Waals surface area contributed by atoms with Crippen molar-refractivity contribution in [3.8, 4) is 0 Å². The monoisotopic (exact) mass is 344 g/mol. The maximum atomic E-state index is 13.0. The number of benzene rings is 1. The van der Waals surface area contributed by atoms with Gasteiger partial charge in [0.1, 0.15) is 0 Å². The zero-order valence-electron chi connectivity index (χ0n) is 13.9. The van der Waals surface area contributed by atoms with Crippen LogP contribution in [0.3, 0.4) is 0 Å². The van der Waals surface area contributed by atoms with Gasteiger partial charge in [0.25, 0.3) is 0 Å². The molecule has 0 aliphatic carbocycles. The highest BCUT2D eigenvalue weighted by Crippen LogP contribution is 2.28. The van der Waals surface area contributed by atoms with Crippen molar-refractivity contribution in [2.75, 3.05) is 0 Å². The summed E-state index contributed by atoms with van der Waals surface area (Å²) in [4.78, 5) is 28.0. The van der Waals surface area contributed by atoms with Crippen LogP contribution in [0.2, 0.25) is 0 Å². The number of Topliss-reactive ketones (excluding diaryl/α,β-unsaturated/α-hetero) is 1. The van der Waals surface area contributed by atoms with Crippen LogP contribution in [0.15, 0.2) is 34.2 Å². The summed E-state index contributed by atoms with van der Waals surface area (Å²) in [7, 11) is 0. The number of thioether (sulfide) groups is 1. The summed E-state index contributed by atoms with van der Waals surface area (Å²) < 4.78 is 1.58. The van der Waals surface area contributed by atoms with Crippen LogP contribution < -0.4 is 5.69 Å². The molecule has 0 radical (unpaired) electrons. The lowest BCUT2D eigenvalue weighted by Crippen LogP contribution is -2.19. The van der Waals surface area contributed by atoms with Crippen LogP contribution in [0.1, 0.15) is 36.3 Å². The van der Waals surface area contributed by atoms with Gasteiger partial charge >= 0.3 is 5.69 Å². The molecule has 0 bridgehead atoms. The lowest BCUT2D eigenvalue weighted by Gasteiger charge is -2.10. The highest BCUT2D eigenvalue weighted by atomic mass is 32.2. The van der Waals surface area contributed by atoms with Gasteiger partial charge in [-0.2, -0.15) is 0 Å². The van der Waals surface area contributed by atoms with Gasteiger partial charge in [-0.3, -0.25) is 9.36 Å². The zero-order chi connectivity index (χ0) is 17.3. The Balaban J connectivity index is 1.90. The first-order valence-corrected chi connectivity index (χ1v) is 8.84. The van der Waals surface area contributed by atoms with Crippen LogP contribution >= 0.6 is 11.8 Å². The van der Waals surface area contributed by atoms with Gasteiger partial charge in [-0.25, -0.2) is 9.89 Å². The Morgan fingerprint density at radius 2 is 2.12 bits per heavy atom. The molecule has 0 aliphatic heterocycles. The van der Waals surface area contributed by atoms with Crippen molar-refractivity contribution in [2.45, 2.75) is 44.1 Å². The summed E-state index contributed by atoms with van der Waals surface area (Å²) in [6.07, 6.45) is 0.830. The fourth-order valence-corrected chi connectivity index (χ4v) is 3.76. The lowest BCUT2D eigenvalue weighted by atomic mass is 10.1. The Kier molecular flexibility index (Phi) is 4.62. The molecule has 2 N–H and O–H groups in total. The number of H-pyrrole nitrogens is 2. The third-order valence-corrected chi connectivity index (χ3v) is 5.05. The van der Waals surface area contributed by atoms with E-state index in [9.17, 15) is 9.59 Å². The highest BCUT2D eigenvalue weighted by Gasteiger charge is 2.24. The van der Waals surface area contributed by atoms with Crippen molar-refractivity contribution in [3.63, 3.8) is 0 Å². The van der Waals surface area contributed by atoms with Crippen LogP contribution in [0.5, 0.6) is 0 Å². The number of ketones is 1. The van der Waals surface area contributed by atoms with E-state index in [1.165, 1.54) is 11.8 Å². The molecule has 1 unspecified atom stereocenters. The van der Waals surface area contributed by atoms with Crippen molar-refractivity contribution < 1.29 is 4.79 Å². The van der Waals surface area contributed by atoms with Crippen LogP contribution in [0.25, 0.3) is 10.9 Å². The zero-order valence-corrected chi connectivity index (χ0v) is 14.7. The van der Waals surface area contributed by atoms with Crippen molar-refractivity contribution in [2.24, 2.45) is 0 Å². The highest BCUT2D eigenvalue weighted by molar-refractivity contribution is 8.00. The molecule has 1 atom stereocenters. The molecule has 1 aromatic carbocycles. The Bertz CT molecular complexity index is 938. The van der Waals surface area contributed by atoms with Crippen molar-refractivity contribution >= 4 is 28.4 Å². The first kappa shape index (κ1) is 16.6. The number of aromatic amines is 2. The first-order chi connectivity index (χ1) is 11.5. The van der Waals surface area contributed by atoms with E-state index in [2.05, 4.69) is 15.2 Å². The van der Waals surface area contributed by atoms with E-state index in [1.54, 1.807) is 4.57 Å². The molecule has 126 valence electrons. The number of carbonyl (C=O) groups is 1. The molecule has 0 aliphatic rings.